The number of ether oxygens (including phenoxy) is 6. The molecule has 2 aliphatic rings. The van der Waals surface area contributed by atoms with Gasteiger partial charge >= 0.3 is 35.8 Å². The van der Waals surface area contributed by atoms with Crippen LogP contribution in [-0.4, -0.2) is 73.8 Å². The number of Topliss-reactive ketones (excluding diaryl/α,β-unsaturated/α-hetero) is 2. The zero-order valence-corrected chi connectivity index (χ0v) is 47.2. The van der Waals surface area contributed by atoms with Gasteiger partial charge in [0.1, 0.15) is 23.1 Å². The highest BCUT2D eigenvalue weighted by molar-refractivity contribution is 5.89. The van der Waals surface area contributed by atoms with Gasteiger partial charge < -0.3 is 28.4 Å². The van der Waals surface area contributed by atoms with Crippen molar-refractivity contribution >= 4 is 47.4 Å². The summed E-state index contributed by atoms with van der Waals surface area (Å²) >= 11 is 0. The van der Waals surface area contributed by atoms with Gasteiger partial charge in [0, 0.05) is 59.8 Å². The first kappa shape index (κ1) is 62.8. The molecule has 0 atom stereocenters. The lowest BCUT2D eigenvalue weighted by Gasteiger charge is -2.26. The zero-order valence-electron chi connectivity index (χ0n) is 47.2. The summed E-state index contributed by atoms with van der Waals surface area (Å²) in [6.45, 7) is 25.2. The Hall–Kier alpha value is -8.00. The maximum absolute atomic E-state index is 12.9. The predicted molar refractivity (Wildman–Crippen MR) is 305 cm³/mol. The first-order valence-electron chi connectivity index (χ1n) is 27.3. The van der Waals surface area contributed by atoms with E-state index in [0.29, 0.717) is 106 Å². The number of ketones is 2. The number of esters is 6. The summed E-state index contributed by atoms with van der Waals surface area (Å²) in [7, 11) is 0. The molecule has 0 aliphatic heterocycles. The van der Waals surface area contributed by atoms with Crippen LogP contribution >= 0.6 is 0 Å². The molecule has 0 aromatic heterocycles. The maximum Gasteiger partial charge on any atom is 0.333 e. The van der Waals surface area contributed by atoms with Crippen molar-refractivity contribution in [2.45, 2.75) is 119 Å². The first-order chi connectivity index (χ1) is 38.1. The number of carbonyl (C=O) groups excluding carboxylic acids is 8. The van der Waals surface area contributed by atoms with Crippen LogP contribution in [0.3, 0.4) is 0 Å². The van der Waals surface area contributed by atoms with E-state index in [-0.39, 0.29) is 96.3 Å². The van der Waals surface area contributed by atoms with Crippen LogP contribution in [0.5, 0.6) is 11.5 Å². The molecule has 2 aliphatic carbocycles. The molecule has 0 saturated heterocycles. The topological polar surface area (TPSA) is 192 Å². The Balaban J connectivity index is 0.000000303. The Labute approximate surface area is 470 Å². The van der Waals surface area contributed by atoms with Gasteiger partial charge in [0.2, 0.25) is 0 Å². The Morgan fingerprint density at radius 3 is 1.19 bits per heavy atom. The minimum Gasteiger partial charge on any atom is -0.462 e. The van der Waals surface area contributed by atoms with Crippen LogP contribution in [0, 0.1) is 37.5 Å². The summed E-state index contributed by atoms with van der Waals surface area (Å²) in [4.78, 5) is 96.6. The van der Waals surface area contributed by atoms with Crippen molar-refractivity contribution in [1.29, 1.82) is 0 Å². The molecule has 4 aromatic rings. The van der Waals surface area contributed by atoms with Gasteiger partial charge in [-0.2, -0.15) is 0 Å². The van der Waals surface area contributed by atoms with Crippen molar-refractivity contribution in [3.63, 3.8) is 0 Å². The van der Waals surface area contributed by atoms with Gasteiger partial charge in [0.05, 0.1) is 38.3 Å². The summed E-state index contributed by atoms with van der Waals surface area (Å²) in [5, 5.41) is 0. The van der Waals surface area contributed by atoms with E-state index in [0.717, 1.165) is 27.8 Å². The van der Waals surface area contributed by atoms with Gasteiger partial charge in [-0.25, -0.2) is 19.2 Å². The molecule has 424 valence electrons. The van der Waals surface area contributed by atoms with Gasteiger partial charge in [0.25, 0.3) is 0 Å². The first-order valence-corrected chi connectivity index (χ1v) is 27.3. The van der Waals surface area contributed by atoms with Gasteiger partial charge in [0.15, 0.2) is 0 Å². The summed E-state index contributed by atoms with van der Waals surface area (Å²) in [6.07, 6.45) is 6.05. The summed E-state index contributed by atoms with van der Waals surface area (Å²) in [6, 6.07) is 28.0. The van der Waals surface area contributed by atoms with E-state index in [1.807, 2.05) is 0 Å². The molecule has 4 aromatic carbocycles. The van der Waals surface area contributed by atoms with Crippen LogP contribution in [-0.2, 0) is 70.1 Å². The van der Waals surface area contributed by atoms with Crippen LogP contribution < -0.4 is 9.47 Å². The largest absolute Gasteiger partial charge is 0.462 e. The third-order valence-corrected chi connectivity index (χ3v) is 14.2. The van der Waals surface area contributed by atoms with Crippen molar-refractivity contribution in [3.8, 4) is 33.8 Å². The molecule has 14 nitrogen and oxygen atoms in total. The summed E-state index contributed by atoms with van der Waals surface area (Å²) < 4.78 is 31.7. The van der Waals surface area contributed by atoms with Crippen molar-refractivity contribution in [2.24, 2.45) is 23.7 Å². The van der Waals surface area contributed by atoms with E-state index in [1.54, 1.807) is 52.8 Å². The quantitative estimate of drug-likeness (QED) is 0.0278. The van der Waals surface area contributed by atoms with Crippen LogP contribution in [0.2, 0.25) is 0 Å². The number of rotatable bonds is 24. The predicted octanol–water partition coefficient (Wildman–Crippen LogP) is 12.2. The van der Waals surface area contributed by atoms with E-state index in [1.165, 1.54) is 11.1 Å². The average Bonchev–Trinajstić information content (AvgIpc) is 3.44. The Kier molecular flexibility index (Phi) is 24.3. The lowest BCUT2D eigenvalue weighted by molar-refractivity contribution is -0.143. The van der Waals surface area contributed by atoms with Crippen molar-refractivity contribution < 1.29 is 66.8 Å². The smallest absolute Gasteiger partial charge is 0.333 e. The molecule has 14 heteroatoms. The normalized spacial score (nSPS) is 16.5. The van der Waals surface area contributed by atoms with Crippen LogP contribution in [0.4, 0.5) is 0 Å². The maximum atomic E-state index is 12.9. The van der Waals surface area contributed by atoms with E-state index in [9.17, 15) is 38.4 Å². The third-order valence-electron chi connectivity index (χ3n) is 14.2. The molecule has 0 bridgehead atoms. The molecule has 0 heterocycles. The highest BCUT2D eigenvalue weighted by Crippen LogP contribution is 2.35. The average molecular weight is 1090 g/mol. The summed E-state index contributed by atoms with van der Waals surface area (Å²) in [5.74, 6) is -2.63. The van der Waals surface area contributed by atoms with E-state index < -0.39 is 11.9 Å². The Morgan fingerprint density at radius 2 is 0.787 bits per heavy atom. The third kappa shape index (κ3) is 19.7. The van der Waals surface area contributed by atoms with Crippen LogP contribution in [0.1, 0.15) is 114 Å². The number of hydrogen-bond donors (Lipinski definition) is 0. The molecule has 0 amide bonds. The zero-order chi connectivity index (χ0) is 58.5. The van der Waals surface area contributed by atoms with E-state index in [4.69, 9.17) is 28.4 Å². The highest BCUT2D eigenvalue weighted by atomic mass is 16.6. The fourth-order valence-electron chi connectivity index (χ4n) is 9.29. The van der Waals surface area contributed by atoms with Crippen molar-refractivity contribution in [3.05, 3.63) is 156 Å². The SMILES string of the molecule is C=C(C)C(=O)OCCC(=O)C1CCC(C(=O)Oc2ccc(OC(=O)C3CCC(C(=O)CCOC(=O)C(=C)C)CC3)c(C)c2)CC1.C=C(C)C(=O)OCCc1ccc(-c2ccc(-c3ccc(CCOC(=O)C(=C)C)cc3)c(C)c2)cc1. The molecular formula is C66H76O14. The minimum absolute atomic E-state index is 0.0248. The van der Waals surface area contributed by atoms with Crippen LogP contribution in [0.25, 0.3) is 22.3 Å². The standard InChI is InChI=1S/C35H44O10.C31H32O4/c1-21(2)32(38)42-18-16-29(36)24-6-10-26(11-7-24)34(40)44-28-14-15-31(23(5)20-28)45-35(41)27-12-8-25(9-13-27)30(37)17-19-43-33(39)22(3)4;1-21(2)30(32)34-18-16-24-6-10-26(11-7-24)28-14-15-29(23(5)20-28)27-12-8-25(9-13-27)17-19-35-31(33)22(3)4/h14-15,20,24-27H,1,3,6-13,16-19H2,2,4-5H3;6-15,20H,1,3,16-19H2,2,4-5H3. The van der Waals surface area contributed by atoms with Gasteiger partial charge in [-0.15, -0.1) is 0 Å². The number of aryl methyl sites for hydroxylation is 2. The van der Waals surface area contributed by atoms with E-state index >= 15 is 0 Å². The van der Waals surface area contributed by atoms with Gasteiger partial charge in [-0.1, -0.05) is 93.0 Å². The lowest BCUT2D eigenvalue weighted by Crippen LogP contribution is -2.29. The van der Waals surface area contributed by atoms with Gasteiger partial charge in [-0.05, 0) is 156 Å². The minimum atomic E-state index is -0.512. The number of hydrogen-bond acceptors (Lipinski definition) is 14. The number of benzene rings is 4. The second-order valence-electron chi connectivity index (χ2n) is 20.9. The lowest BCUT2D eigenvalue weighted by atomic mass is 9.79. The van der Waals surface area contributed by atoms with Gasteiger partial charge in [-0.3, -0.25) is 19.2 Å². The Bertz CT molecular complexity index is 2930. The molecule has 0 N–H and O–H groups in total. The fourth-order valence-corrected chi connectivity index (χ4v) is 9.29. The summed E-state index contributed by atoms with van der Waals surface area (Å²) in [5.41, 5.74) is 10.1. The highest BCUT2D eigenvalue weighted by Gasteiger charge is 2.33. The molecule has 80 heavy (non-hydrogen) atoms. The van der Waals surface area contributed by atoms with Crippen molar-refractivity contribution in [2.75, 3.05) is 26.4 Å². The molecule has 0 unspecified atom stereocenters. The van der Waals surface area contributed by atoms with E-state index in [2.05, 4.69) is 100.0 Å². The molecule has 0 radical (unpaired) electrons. The fraction of sp³-hybridized carbons (Fsp3) is 0.394. The molecule has 6 rings (SSSR count). The van der Waals surface area contributed by atoms with Crippen LogP contribution in [0.15, 0.2) is 134 Å². The molecule has 2 fully saturated rings. The molecular weight excluding hydrogens is 1020 g/mol. The second-order valence-corrected chi connectivity index (χ2v) is 20.9. The molecule has 2 saturated carbocycles. The molecule has 0 spiro atoms. The van der Waals surface area contributed by atoms with Crippen molar-refractivity contribution in [1.82, 2.24) is 0 Å². The Morgan fingerprint density at radius 1 is 0.412 bits per heavy atom. The monoisotopic (exact) mass is 1090 g/mol. The number of carbonyl (C=O) groups is 8. The second kappa shape index (κ2) is 31.0.